The van der Waals surface area contributed by atoms with Crippen molar-refractivity contribution in [3.8, 4) is 5.75 Å². The number of rotatable bonds is 9. The van der Waals surface area contributed by atoms with Crippen LogP contribution in [0.3, 0.4) is 0 Å². The Kier molecular flexibility index (Phi) is 8.59. The van der Waals surface area contributed by atoms with Gasteiger partial charge in [-0.15, -0.1) is 0 Å². The van der Waals surface area contributed by atoms with Crippen LogP contribution in [0, 0.1) is 0 Å². The summed E-state index contributed by atoms with van der Waals surface area (Å²) in [6, 6.07) is 8.22. The number of nitrogens with one attached hydrogen (secondary N) is 2. The van der Waals surface area contributed by atoms with Crippen LogP contribution < -0.4 is 15.4 Å². The fraction of sp³-hybridized carbons (Fsp3) is 0.650. The maximum Gasteiger partial charge on any atom is 0.191 e. The lowest BCUT2D eigenvalue weighted by atomic mass is 10.1. The molecule has 146 valence electrons. The molecular formula is C20H34N4OS. The molecule has 1 aliphatic rings. The number of thioether (sulfide) groups is 1. The van der Waals surface area contributed by atoms with Crippen molar-refractivity contribution in [1.29, 1.82) is 0 Å². The summed E-state index contributed by atoms with van der Waals surface area (Å²) in [6.07, 6.45) is 2.59. The largest absolute Gasteiger partial charge is 0.492 e. The Hall–Kier alpha value is -1.40. The van der Waals surface area contributed by atoms with Crippen molar-refractivity contribution in [3.63, 3.8) is 0 Å². The number of aliphatic imine (C=N–C) groups is 1. The Morgan fingerprint density at radius 3 is 2.88 bits per heavy atom. The topological polar surface area (TPSA) is 48.9 Å². The van der Waals surface area contributed by atoms with Gasteiger partial charge in [-0.3, -0.25) is 0 Å². The monoisotopic (exact) mass is 378 g/mol. The summed E-state index contributed by atoms with van der Waals surface area (Å²) < 4.78 is 6.15. The zero-order valence-electron chi connectivity index (χ0n) is 16.7. The molecule has 0 radical (unpaired) electrons. The molecular weight excluding hydrogens is 344 g/mol. The van der Waals surface area contributed by atoms with E-state index in [1.807, 2.05) is 26.2 Å². The number of likely N-dealkylation sites (N-methyl/N-ethyl adjacent to an activating group) is 1. The van der Waals surface area contributed by atoms with E-state index in [9.17, 15) is 0 Å². The third kappa shape index (κ3) is 7.46. The SMILES string of the molecule is CCNC(=NCc1cccc(OCCN(C)C)c1)NCC1(C)CCCS1. The van der Waals surface area contributed by atoms with Crippen molar-refractivity contribution < 1.29 is 4.74 Å². The van der Waals surface area contributed by atoms with Crippen LogP contribution in [0.25, 0.3) is 0 Å². The highest BCUT2D eigenvalue weighted by Gasteiger charge is 2.29. The number of nitrogens with zero attached hydrogens (tertiary/aromatic N) is 2. The number of benzene rings is 1. The van der Waals surface area contributed by atoms with E-state index < -0.39 is 0 Å². The van der Waals surface area contributed by atoms with Gasteiger partial charge < -0.3 is 20.3 Å². The van der Waals surface area contributed by atoms with Crippen molar-refractivity contribution in [3.05, 3.63) is 29.8 Å². The minimum absolute atomic E-state index is 0.330. The van der Waals surface area contributed by atoms with Gasteiger partial charge in [-0.1, -0.05) is 12.1 Å². The van der Waals surface area contributed by atoms with Gasteiger partial charge in [-0.2, -0.15) is 11.8 Å². The van der Waals surface area contributed by atoms with Crippen LogP contribution in [0.4, 0.5) is 0 Å². The van der Waals surface area contributed by atoms with Gasteiger partial charge >= 0.3 is 0 Å². The first-order valence-electron chi connectivity index (χ1n) is 9.53. The molecule has 2 N–H and O–H groups in total. The van der Waals surface area contributed by atoms with Crippen LogP contribution in [0.5, 0.6) is 5.75 Å². The maximum absolute atomic E-state index is 5.82. The predicted molar refractivity (Wildman–Crippen MR) is 113 cm³/mol. The van der Waals surface area contributed by atoms with E-state index >= 15 is 0 Å². The van der Waals surface area contributed by atoms with E-state index in [1.54, 1.807) is 0 Å². The molecule has 5 nitrogen and oxygen atoms in total. The molecule has 1 aromatic rings. The highest BCUT2D eigenvalue weighted by molar-refractivity contribution is 8.00. The smallest absolute Gasteiger partial charge is 0.191 e. The van der Waals surface area contributed by atoms with E-state index in [0.717, 1.165) is 36.9 Å². The molecule has 1 aliphatic heterocycles. The van der Waals surface area contributed by atoms with Gasteiger partial charge in [-0.05, 0) is 64.2 Å². The zero-order chi connectivity index (χ0) is 18.8. The molecule has 26 heavy (non-hydrogen) atoms. The summed E-state index contributed by atoms with van der Waals surface area (Å²) in [5, 5.41) is 6.86. The lowest BCUT2D eigenvalue weighted by Crippen LogP contribution is -2.43. The summed E-state index contributed by atoms with van der Waals surface area (Å²) in [5.41, 5.74) is 1.16. The molecule has 6 heteroatoms. The molecule has 1 atom stereocenters. The molecule has 1 fully saturated rings. The number of guanidine groups is 1. The minimum atomic E-state index is 0.330. The van der Waals surface area contributed by atoms with Gasteiger partial charge in [0.2, 0.25) is 0 Å². The Balaban J connectivity index is 1.89. The van der Waals surface area contributed by atoms with Crippen LogP contribution in [0.2, 0.25) is 0 Å². The third-order valence-corrected chi connectivity index (χ3v) is 5.94. The standard InChI is InChI=1S/C20H34N4OS/c1-5-21-19(23-16-20(2)10-7-13-26-20)22-15-17-8-6-9-18(14-17)25-12-11-24(3)4/h6,8-9,14H,5,7,10-13,15-16H2,1-4H3,(H2,21,22,23). The molecule has 0 aromatic heterocycles. The molecule has 0 aliphatic carbocycles. The van der Waals surface area contributed by atoms with Crippen LogP contribution in [0.15, 0.2) is 29.3 Å². The van der Waals surface area contributed by atoms with Crippen LogP contribution in [-0.4, -0.2) is 61.7 Å². The molecule has 0 amide bonds. The molecule has 1 heterocycles. The average Bonchev–Trinajstić information content (AvgIpc) is 3.04. The predicted octanol–water partition coefficient (Wildman–Crippen LogP) is 2.97. The zero-order valence-corrected chi connectivity index (χ0v) is 17.5. The highest BCUT2D eigenvalue weighted by atomic mass is 32.2. The first-order chi connectivity index (χ1) is 12.5. The van der Waals surface area contributed by atoms with Crippen molar-refractivity contribution in [1.82, 2.24) is 15.5 Å². The third-order valence-electron chi connectivity index (χ3n) is 4.40. The van der Waals surface area contributed by atoms with Crippen molar-refractivity contribution in [2.24, 2.45) is 4.99 Å². The number of ether oxygens (including phenoxy) is 1. The molecule has 2 rings (SSSR count). The Labute approximate surface area is 163 Å². The number of hydrogen-bond acceptors (Lipinski definition) is 4. The minimum Gasteiger partial charge on any atom is -0.492 e. The normalized spacial score (nSPS) is 20.4. The summed E-state index contributed by atoms with van der Waals surface area (Å²) in [4.78, 5) is 6.86. The van der Waals surface area contributed by atoms with Crippen LogP contribution in [-0.2, 0) is 6.54 Å². The fourth-order valence-electron chi connectivity index (χ4n) is 2.84. The molecule has 0 saturated carbocycles. The lowest BCUT2D eigenvalue weighted by molar-refractivity contribution is 0.261. The van der Waals surface area contributed by atoms with Gasteiger partial charge in [0.25, 0.3) is 0 Å². The highest BCUT2D eigenvalue weighted by Crippen LogP contribution is 2.36. The fourth-order valence-corrected chi connectivity index (χ4v) is 4.08. The van der Waals surface area contributed by atoms with E-state index in [-0.39, 0.29) is 0 Å². The molecule has 1 saturated heterocycles. The van der Waals surface area contributed by atoms with Gasteiger partial charge in [0, 0.05) is 24.4 Å². The first kappa shape index (κ1) is 20.9. The Morgan fingerprint density at radius 2 is 2.19 bits per heavy atom. The molecule has 0 bridgehead atoms. The summed E-state index contributed by atoms with van der Waals surface area (Å²) in [5.74, 6) is 3.07. The molecule has 1 aromatic carbocycles. The summed E-state index contributed by atoms with van der Waals surface area (Å²) in [6.45, 7) is 8.51. The van der Waals surface area contributed by atoms with E-state index in [4.69, 9.17) is 9.73 Å². The van der Waals surface area contributed by atoms with E-state index in [2.05, 4.69) is 53.3 Å². The van der Waals surface area contributed by atoms with Crippen molar-refractivity contribution in [2.75, 3.05) is 46.1 Å². The van der Waals surface area contributed by atoms with Gasteiger partial charge in [0.15, 0.2) is 5.96 Å². The average molecular weight is 379 g/mol. The van der Waals surface area contributed by atoms with Crippen molar-refractivity contribution in [2.45, 2.75) is 38.0 Å². The van der Waals surface area contributed by atoms with E-state index in [1.165, 1.54) is 18.6 Å². The van der Waals surface area contributed by atoms with Crippen LogP contribution >= 0.6 is 11.8 Å². The second kappa shape index (κ2) is 10.7. The van der Waals surface area contributed by atoms with Crippen LogP contribution in [0.1, 0.15) is 32.3 Å². The van der Waals surface area contributed by atoms with Gasteiger partial charge in [0.05, 0.1) is 6.54 Å². The second-order valence-electron chi connectivity index (χ2n) is 7.25. The summed E-state index contributed by atoms with van der Waals surface area (Å²) >= 11 is 2.07. The molecule has 0 spiro atoms. The Bertz CT molecular complexity index is 571. The van der Waals surface area contributed by atoms with Crippen molar-refractivity contribution >= 4 is 17.7 Å². The maximum atomic E-state index is 5.82. The quantitative estimate of drug-likeness (QED) is 0.511. The van der Waals surface area contributed by atoms with E-state index in [0.29, 0.717) is 17.9 Å². The Morgan fingerprint density at radius 1 is 1.35 bits per heavy atom. The number of hydrogen-bond donors (Lipinski definition) is 2. The van der Waals surface area contributed by atoms with Gasteiger partial charge in [-0.25, -0.2) is 4.99 Å². The second-order valence-corrected chi connectivity index (χ2v) is 8.93. The molecule has 1 unspecified atom stereocenters. The lowest BCUT2D eigenvalue weighted by Gasteiger charge is -2.24. The first-order valence-corrected chi connectivity index (χ1v) is 10.5. The summed E-state index contributed by atoms with van der Waals surface area (Å²) in [7, 11) is 4.10. The van der Waals surface area contributed by atoms with Gasteiger partial charge in [0.1, 0.15) is 12.4 Å².